The molecule has 0 atom stereocenters. The average molecular weight is 361 g/mol. The SMILES string of the molecule is Cc1cc(-c2ccc(OCc3ccc([N+](=O)[O-])cc3)cc2)c(C#N)c(=O)[nH]1. The van der Waals surface area contributed by atoms with Crippen LogP contribution in [0.3, 0.4) is 0 Å². The Bertz CT molecular complexity index is 1080. The molecule has 0 amide bonds. The molecule has 0 aliphatic heterocycles. The third-order valence-electron chi connectivity index (χ3n) is 4.00. The van der Waals surface area contributed by atoms with Gasteiger partial charge in [0.25, 0.3) is 11.2 Å². The molecule has 0 aliphatic carbocycles. The summed E-state index contributed by atoms with van der Waals surface area (Å²) in [5, 5.41) is 19.9. The molecule has 7 nitrogen and oxygen atoms in total. The molecule has 1 aromatic heterocycles. The van der Waals surface area contributed by atoms with E-state index < -0.39 is 10.5 Å². The zero-order chi connectivity index (χ0) is 19.4. The van der Waals surface area contributed by atoms with Crippen molar-refractivity contribution in [3.05, 3.63) is 91.9 Å². The Balaban J connectivity index is 1.76. The van der Waals surface area contributed by atoms with Crippen LogP contribution < -0.4 is 10.3 Å². The minimum atomic E-state index is -0.449. The minimum absolute atomic E-state index is 0.0320. The number of nitrogens with zero attached hydrogens (tertiary/aromatic N) is 2. The number of nitro benzene ring substituents is 1. The number of rotatable bonds is 5. The maximum atomic E-state index is 11.9. The number of pyridine rings is 1. The second-order valence-corrected chi connectivity index (χ2v) is 5.92. The smallest absolute Gasteiger partial charge is 0.269 e. The summed E-state index contributed by atoms with van der Waals surface area (Å²) >= 11 is 0. The fourth-order valence-electron chi connectivity index (χ4n) is 2.64. The number of hydrogen-bond donors (Lipinski definition) is 1. The highest BCUT2D eigenvalue weighted by molar-refractivity contribution is 5.70. The van der Waals surface area contributed by atoms with Gasteiger partial charge >= 0.3 is 0 Å². The van der Waals surface area contributed by atoms with Gasteiger partial charge in [0.15, 0.2) is 0 Å². The first-order valence-electron chi connectivity index (χ1n) is 8.08. The lowest BCUT2D eigenvalue weighted by Gasteiger charge is -2.09. The molecule has 3 aromatic rings. The van der Waals surface area contributed by atoms with Gasteiger partial charge in [0.05, 0.1) is 4.92 Å². The molecular formula is C20H15N3O4. The van der Waals surface area contributed by atoms with Crippen LogP contribution >= 0.6 is 0 Å². The number of nitriles is 1. The van der Waals surface area contributed by atoms with Gasteiger partial charge in [-0.1, -0.05) is 12.1 Å². The number of aryl methyl sites for hydroxylation is 1. The Morgan fingerprint density at radius 1 is 1.15 bits per heavy atom. The third kappa shape index (κ3) is 4.02. The van der Waals surface area contributed by atoms with E-state index in [1.54, 1.807) is 49.4 Å². The van der Waals surface area contributed by atoms with Crippen molar-refractivity contribution in [1.29, 1.82) is 5.26 Å². The highest BCUT2D eigenvalue weighted by Crippen LogP contribution is 2.25. The molecular weight excluding hydrogens is 346 g/mol. The first-order chi connectivity index (χ1) is 13.0. The molecule has 0 radical (unpaired) electrons. The van der Waals surface area contributed by atoms with Crippen molar-refractivity contribution in [2.45, 2.75) is 13.5 Å². The number of nitro groups is 1. The summed E-state index contributed by atoms with van der Waals surface area (Å²) in [6.45, 7) is 2.03. The molecule has 3 rings (SSSR count). The minimum Gasteiger partial charge on any atom is -0.489 e. The van der Waals surface area contributed by atoms with Crippen molar-refractivity contribution in [2.75, 3.05) is 0 Å². The standard InChI is InChI=1S/C20H15N3O4/c1-13-10-18(19(11-21)20(24)22-13)15-4-8-17(9-5-15)27-12-14-2-6-16(7-3-14)23(25)26/h2-10H,12H2,1H3,(H,22,24). The van der Waals surface area contributed by atoms with E-state index in [1.807, 2.05) is 6.07 Å². The number of ether oxygens (including phenoxy) is 1. The number of hydrogen-bond acceptors (Lipinski definition) is 5. The van der Waals surface area contributed by atoms with E-state index in [1.165, 1.54) is 12.1 Å². The molecule has 1 N–H and O–H groups in total. The molecule has 2 aromatic carbocycles. The Morgan fingerprint density at radius 2 is 1.81 bits per heavy atom. The van der Waals surface area contributed by atoms with Crippen molar-refractivity contribution >= 4 is 5.69 Å². The summed E-state index contributed by atoms with van der Waals surface area (Å²) in [6, 6.07) is 16.9. The second-order valence-electron chi connectivity index (χ2n) is 5.92. The first kappa shape index (κ1) is 17.9. The topological polar surface area (TPSA) is 109 Å². The molecule has 1 heterocycles. The zero-order valence-electron chi connectivity index (χ0n) is 14.4. The third-order valence-corrected chi connectivity index (χ3v) is 4.00. The lowest BCUT2D eigenvalue weighted by atomic mass is 10.0. The highest BCUT2D eigenvalue weighted by Gasteiger charge is 2.10. The monoisotopic (exact) mass is 361 g/mol. The first-order valence-corrected chi connectivity index (χ1v) is 8.08. The van der Waals surface area contributed by atoms with E-state index in [2.05, 4.69) is 4.98 Å². The summed E-state index contributed by atoms with van der Waals surface area (Å²) < 4.78 is 5.68. The van der Waals surface area contributed by atoms with Crippen LogP contribution in [0.1, 0.15) is 16.8 Å². The van der Waals surface area contributed by atoms with Crippen LogP contribution in [0.5, 0.6) is 5.75 Å². The number of H-pyrrole nitrogens is 1. The van der Waals surface area contributed by atoms with E-state index >= 15 is 0 Å². The fraction of sp³-hybridized carbons (Fsp3) is 0.100. The number of aromatic nitrogens is 1. The molecule has 27 heavy (non-hydrogen) atoms. The Hall–Kier alpha value is -3.92. The number of benzene rings is 2. The van der Waals surface area contributed by atoms with Crippen LogP contribution in [0.4, 0.5) is 5.69 Å². The van der Waals surface area contributed by atoms with Gasteiger partial charge in [-0.05, 0) is 48.4 Å². The molecule has 0 spiro atoms. The largest absolute Gasteiger partial charge is 0.489 e. The number of nitrogens with one attached hydrogen (secondary N) is 1. The lowest BCUT2D eigenvalue weighted by Crippen LogP contribution is -2.12. The number of aromatic amines is 1. The van der Waals surface area contributed by atoms with Crippen LogP contribution in [0.25, 0.3) is 11.1 Å². The van der Waals surface area contributed by atoms with Crippen molar-refractivity contribution in [3.8, 4) is 22.9 Å². The Labute approximate surface area is 154 Å². The van der Waals surface area contributed by atoms with E-state index in [-0.39, 0.29) is 17.9 Å². The van der Waals surface area contributed by atoms with Crippen molar-refractivity contribution < 1.29 is 9.66 Å². The molecule has 0 unspecified atom stereocenters. The average Bonchev–Trinajstić information content (AvgIpc) is 2.66. The van der Waals surface area contributed by atoms with Gasteiger partial charge in [-0.15, -0.1) is 0 Å². The molecule has 7 heteroatoms. The number of non-ortho nitro benzene ring substituents is 1. The van der Waals surface area contributed by atoms with Crippen LogP contribution in [-0.4, -0.2) is 9.91 Å². The predicted molar refractivity (Wildman–Crippen MR) is 99.4 cm³/mol. The Morgan fingerprint density at radius 3 is 2.41 bits per heavy atom. The molecule has 134 valence electrons. The maximum Gasteiger partial charge on any atom is 0.269 e. The van der Waals surface area contributed by atoms with E-state index in [0.29, 0.717) is 17.0 Å². The predicted octanol–water partition coefficient (Wildman–Crippen LogP) is 3.71. The van der Waals surface area contributed by atoms with Gasteiger partial charge in [-0.3, -0.25) is 14.9 Å². The van der Waals surface area contributed by atoms with Crippen molar-refractivity contribution in [1.82, 2.24) is 4.98 Å². The summed E-state index contributed by atoms with van der Waals surface area (Å²) in [4.78, 5) is 24.7. The second kappa shape index (κ2) is 7.54. The van der Waals surface area contributed by atoms with Crippen molar-refractivity contribution in [2.24, 2.45) is 0 Å². The molecule has 0 saturated heterocycles. The van der Waals surface area contributed by atoms with E-state index in [9.17, 15) is 20.2 Å². The van der Waals surface area contributed by atoms with Crippen LogP contribution in [0.2, 0.25) is 0 Å². The summed E-state index contributed by atoms with van der Waals surface area (Å²) in [6.07, 6.45) is 0. The molecule has 0 aliphatic rings. The van der Waals surface area contributed by atoms with Gasteiger partial charge in [0.2, 0.25) is 0 Å². The van der Waals surface area contributed by atoms with E-state index in [0.717, 1.165) is 11.1 Å². The van der Waals surface area contributed by atoms with Gasteiger partial charge < -0.3 is 9.72 Å². The van der Waals surface area contributed by atoms with E-state index in [4.69, 9.17) is 4.74 Å². The van der Waals surface area contributed by atoms with Gasteiger partial charge in [0, 0.05) is 23.4 Å². The quantitative estimate of drug-likeness (QED) is 0.550. The lowest BCUT2D eigenvalue weighted by molar-refractivity contribution is -0.384. The van der Waals surface area contributed by atoms with Crippen LogP contribution in [0, 0.1) is 28.4 Å². The highest BCUT2D eigenvalue weighted by atomic mass is 16.6. The Kier molecular flexibility index (Phi) is 4.99. The molecule has 0 saturated carbocycles. The van der Waals surface area contributed by atoms with Crippen LogP contribution in [-0.2, 0) is 6.61 Å². The summed E-state index contributed by atoms with van der Waals surface area (Å²) in [5.41, 5.74) is 2.48. The summed E-state index contributed by atoms with van der Waals surface area (Å²) in [7, 11) is 0. The normalized spacial score (nSPS) is 10.2. The molecule has 0 bridgehead atoms. The fourth-order valence-corrected chi connectivity index (χ4v) is 2.64. The van der Waals surface area contributed by atoms with Gasteiger partial charge in [-0.2, -0.15) is 5.26 Å². The van der Waals surface area contributed by atoms with Crippen LogP contribution in [0.15, 0.2) is 59.4 Å². The van der Waals surface area contributed by atoms with Crippen molar-refractivity contribution in [3.63, 3.8) is 0 Å². The zero-order valence-corrected chi connectivity index (χ0v) is 14.4. The van der Waals surface area contributed by atoms with Gasteiger partial charge in [-0.25, -0.2) is 0 Å². The molecule has 0 fully saturated rings. The summed E-state index contributed by atoms with van der Waals surface area (Å²) in [5.74, 6) is 0.608. The van der Waals surface area contributed by atoms with Gasteiger partial charge in [0.1, 0.15) is 24.0 Å². The maximum absolute atomic E-state index is 11.9.